The fourth-order valence-corrected chi connectivity index (χ4v) is 2.11. The Balaban J connectivity index is 1.91. The number of rotatable bonds is 3. The molecule has 2 N–H and O–H groups in total. The topological polar surface area (TPSA) is 58.6 Å². The van der Waals surface area contributed by atoms with Crippen molar-refractivity contribution in [2.24, 2.45) is 0 Å². The first-order valence-corrected chi connectivity index (χ1v) is 6.69. The van der Waals surface area contributed by atoms with Gasteiger partial charge in [-0.25, -0.2) is 4.79 Å². The normalized spacial score (nSPS) is 9.95. The summed E-state index contributed by atoms with van der Waals surface area (Å²) in [6.45, 7) is 0.224. The van der Waals surface area contributed by atoms with Crippen molar-refractivity contribution in [2.75, 3.05) is 5.32 Å². The minimum Gasteiger partial charge on any atom is -0.508 e. The number of aromatic hydroxyl groups is 1. The van der Waals surface area contributed by atoms with Crippen molar-refractivity contribution < 1.29 is 14.6 Å². The molecule has 2 aromatic rings. The second kappa shape index (κ2) is 6.42. The summed E-state index contributed by atoms with van der Waals surface area (Å²) >= 11 is 2.03. The molecule has 98 valence electrons. The average molecular weight is 369 g/mol. The van der Waals surface area contributed by atoms with E-state index in [0.717, 1.165) is 9.13 Å². The number of amides is 1. The van der Waals surface area contributed by atoms with Gasteiger partial charge in [-0.05, 0) is 46.4 Å². The molecule has 2 aromatic carbocycles. The zero-order valence-corrected chi connectivity index (χ0v) is 12.1. The van der Waals surface area contributed by atoms with E-state index < -0.39 is 6.09 Å². The molecule has 5 heteroatoms. The maximum Gasteiger partial charge on any atom is 0.411 e. The van der Waals surface area contributed by atoms with Gasteiger partial charge in [-0.2, -0.15) is 0 Å². The fourth-order valence-electron chi connectivity index (χ4n) is 1.47. The molecule has 0 fully saturated rings. The molecular weight excluding hydrogens is 357 g/mol. The second-order valence-corrected chi connectivity index (χ2v) is 5.01. The molecule has 0 radical (unpaired) electrons. The number of carbonyl (C=O) groups excluding carboxylic acids is 1. The van der Waals surface area contributed by atoms with Gasteiger partial charge in [0.2, 0.25) is 0 Å². The molecule has 0 saturated heterocycles. The molecule has 0 atom stereocenters. The van der Waals surface area contributed by atoms with E-state index in [-0.39, 0.29) is 12.4 Å². The maximum absolute atomic E-state index is 11.6. The number of ether oxygens (including phenoxy) is 1. The van der Waals surface area contributed by atoms with E-state index >= 15 is 0 Å². The largest absolute Gasteiger partial charge is 0.508 e. The number of phenolic OH excluding ortho intramolecular Hbond substituents is 1. The van der Waals surface area contributed by atoms with Crippen LogP contribution in [0.3, 0.4) is 0 Å². The van der Waals surface area contributed by atoms with Crippen LogP contribution < -0.4 is 5.32 Å². The molecule has 0 saturated carbocycles. The number of phenols is 1. The minimum absolute atomic E-state index is 0.160. The van der Waals surface area contributed by atoms with Gasteiger partial charge in [0.25, 0.3) is 0 Å². The molecule has 0 unspecified atom stereocenters. The van der Waals surface area contributed by atoms with E-state index in [1.54, 1.807) is 12.1 Å². The summed E-state index contributed by atoms with van der Waals surface area (Å²) in [5.41, 5.74) is 1.54. The molecule has 19 heavy (non-hydrogen) atoms. The van der Waals surface area contributed by atoms with Crippen LogP contribution in [0.25, 0.3) is 0 Å². The molecule has 0 heterocycles. The average Bonchev–Trinajstić information content (AvgIpc) is 2.41. The van der Waals surface area contributed by atoms with Crippen molar-refractivity contribution in [1.82, 2.24) is 0 Å². The summed E-state index contributed by atoms with van der Waals surface area (Å²) < 4.78 is 5.85. The van der Waals surface area contributed by atoms with Crippen molar-refractivity contribution >= 4 is 34.4 Å². The molecular formula is C14H12INO3. The number of carbonyl (C=O) groups is 1. The lowest BCUT2D eigenvalue weighted by Crippen LogP contribution is -2.14. The predicted octanol–water partition coefficient (Wildman–Crippen LogP) is 3.75. The van der Waals surface area contributed by atoms with Crippen molar-refractivity contribution in [3.05, 3.63) is 57.7 Å². The second-order valence-electron chi connectivity index (χ2n) is 3.85. The molecule has 2 rings (SSSR count). The lowest BCUT2D eigenvalue weighted by atomic mass is 10.2. The SMILES string of the molecule is O=C(Nc1ccc(O)cc1I)OCc1ccccc1. The van der Waals surface area contributed by atoms with Crippen LogP contribution in [0.15, 0.2) is 48.5 Å². The number of anilines is 1. The fraction of sp³-hybridized carbons (Fsp3) is 0.0714. The van der Waals surface area contributed by atoms with Crippen LogP contribution in [0.2, 0.25) is 0 Å². The van der Waals surface area contributed by atoms with E-state index in [0.29, 0.717) is 5.69 Å². The zero-order valence-electron chi connectivity index (χ0n) is 9.97. The minimum atomic E-state index is -0.521. The highest BCUT2D eigenvalue weighted by molar-refractivity contribution is 14.1. The van der Waals surface area contributed by atoms with Gasteiger partial charge in [-0.1, -0.05) is 30.3 Å². The molecule has 1 amide bonds. The Kier molecular flexibility index (Phi) is 4.62. The van der Waals surface area contributed by atoms with Crippen molar-refractivity contribution in [3.63, 3.8) is 0 Å². The highest BCUT2D eigenvalue weighted by atomic mass is 127. The molecule has 0 spiro atoms. The van der Waals surface area contributed by atoms with Gasteiger partial charge in [0.1, 0.15) is 12.4 Å². The Bertz CT molecular complexity index is 572. The van der Waals surface area contributed by atoms with Gasteiger partial charge in [-0.3, -0.25) is 5.32 Å². The Hall–Kier alpha value is -1.76. The van der Waals surface area contributed by atoms with Crippen molar-refractivity contribution in [3.8, 4) is 5.75 Å². The van der Waals surface area contributed by atoms with Crippen molar-refractivity contribution in [1.29, 1.82) is 0 Å². The summed E-state index contributed by atoms with van der Waals surface area (Å²) in [6.07, 6.45) is -0.521. The molecule has 4 nitrogen and oxygen atoms in total. The Morgan fingerprint density at radius 2 is 1.95 bits per heavy atom. The van der Waals surface area contributed by atoms with Crippen LogP contribution in [0.5, 0.6) is 5.75 Å². The number of benzene rings is 2. The van der Waals surface area contributed by atoms with Gasteiger partial charge >= 0.3 is 6.09 Å². The van der Waals surface area contributed by atoms with Gasteiger partial charge in [-0.15, -0.1) is 0 Å². The predicted molar refractivity (Wildman–Crippen MR) is 81.1 cm³/mol. The van der Waals surface area contributed by atoms with Crippen LogP contribution in [-0.4, -0.2) is 11.2 Å². The summed E-state index contributed by atoms with van der Waals surface area (Å²) in [5, 5.41) is 11.9. The van der Waals surface area contributed by atoms with E-state index in [4.69, 9.17) is 4.74 Å². The summed E-state index contributed by atoms with van der Waals surface area (Å²) in [6, 6.07) is 14.2. The molecule has 0 aliphatic carbocycles. The quantitative estimate of drug-likeness (QED) is 0.640. The summed E-state index contributed by atoms with van der Waals surface area (Å²) in [7, 11) is 0. The van der Waals surface area contributed by atoms with E-state index in [1.807, 2.05) is 52.9 Å². The van der Waals surface area contributed by atoms with E-state index in [1.165, 1.54) is 6.07 Å². The Morgan fingerprint density at radius 3 is 2.63 bits per heavy atom. The van der Waals surface area contributed by atoms with E-state index in [9.17, 15) is 9.90 Å². The first kappa shape index (κ1) is 13.7. The third kappa shape index (κ3) is 4.13. The van der Waals surface area contributed by atoms with Gasteiger partial charge in [0.15, 0.2) is 0 Å². The van der Waals surface area contributed by atoms with Crippen LogP contribution in [0, 0.1) is 3.57 Å². The summed E-state index contributed by atoms with van der Waals surface area (Å²) in [5.74, 6) is 0.160. The van der Waals surface area contributed by atoms with Crippen LogP contribution in [0.4, 0.5) is 10.5 Å². The third-order valence-corrected chi connectivity index (χ3v) is 3.29. The third-order valence-electron chi connectivity index (χ3n) is 2.40. The highest BCUT2D eigenvalue weighted by Crippen LogP contribution is 2.22. The molecule has 0 aliphatic heterocycles. The smallest absolute Gasteiger partial charge is 0.411 e. The lowest BCUT2D eigenvalue weighted by molar-refractivity contribution is 0.155. The number of nitrogens with one attached hydrogen (secondary N) is 1. The van der Waals surface area contributed by atoms with Crippen molar-refractivity contribution in [2.45, 2.75) is 6.61 Å². The zero-order chi connectivity index (χ0) is 13.7. The summed E-state index contributed by atoms with van der Waals surface area (Å²) in [4.78, 5) is 11.6. The molecule has 0 bridgehead atoms. The van der Waals surface area contributed by atoms with Crippen LogP contribution in [0.1, 0.15) is 5.56 Å². The van der Waals surface area contributed by atoms with Gasteiger partial charge in [0.05, 0.1) is 5.69 Å². The number of halogens is 1. The first-order chi connectivity index (χ1) is 9.15. The standard InChI is InChI=1S/C14H12INO3/c15-12-8-11(17)6-7-13(12)16-14(18)19-9-10-4-2-1-3-5-10/h1-8,17H,9H2,(H,16,18). The molecule has 0 aromatic heterocycles. The number of hydrogen-bond acceptors (Lipinski definition) is 3. The Labute approximate surface area is 124 Å². The van der Waals surface area contributed by atoms with Gasteiger partial charge < -0.3 is 9.84 Å². The maximum atomic E-state index is 11.6. The van der Waals surface area contributed by atoms with E-state index in [2.05, 4.69) is 5.32 Å². The monoisotopic (exact) mass is 369 g/mol. The lowest BCUT2D eigenvalue weighted by Gasteiger charge is -2.08. The van der Waals surface area contributed by atoms with Crippen LogP contribution in [-0.2, 0) is 11.3 Å². The van der Waals surface area contributed by atoms with Gasteiger partial charge in [0, 0.05) is 3.57 Å². The number of hydrogen-bond donors (Lipinski definition) is 2. The first-order valence-electron chi connectivity index (χ1n) is 5.61. The highest BCUT2D eigenvalue weighted by Gasteiger charge is 2.07. The Morgan fingerprint density at radius 1 is 1.21 bits per heavy atom. The molecule has 0 aliphatic rings. The van der Waals surface area contributed by atoms with Crippen LogP contribution >= 0.6 is 22.6 Å².